The van der Waals surface area contributed by atoms with Crippen molar-refractivity contribution in [1.29, 1.82) is 0 Å². The van der Waals surface area contributed by atoms with Crippen LogP contribution >= 0.6 is 0 Å². The predicted octanol–water partition coefficient (Wildman–Crippen LogP) is 6.78. The molecule has 0 radical (unpaired) electrons. The van der Waals surface area contributed by atoms with Gasteiger partial charge in [0.2, 0.25) is 0 Å². The number of hydrogen-bond donors (Lipinski definition) is 2. The van der Waals surface area contributed by atoms with Crippen molar-refractivity contribution in [2.45, 2.75) is 112 Å². The van der Waals surface area contributed by atoms with E-state index in [9.17, 15) is 15.0 Å². The minimum atomic E-state index is -0.565. The van der Waals surface area contributed by atoms with E-state index < -0.39 is 11.4 Å². The van der Waals surface area contributed by atoms with Crippen LogP contribution in [0.4, 0.5) is 0 Å². The number of nitrogens with zero attached hydrogens (tertiary/aromatic N) is 1. The Labute approximate surface area is 220 Å². The molecule has 0 spiro atoms. The number of carbonyl (C=O) groups is 1. The number of aliphatic carboxylic acids is 1. The molecule has 4 fully saturated rings. The Kier molecular flexibility index (Phi) is 5.99. The van der Waals surface area contributed by atoms with Crippen molar-refractivity contribution in [3.8, 4) is 0 Å². The fourth-order valence-electron chi connectivity index (χ4n) is 11.3. The fourth-order valence-corrected chi connectivity index (χ4v) is 11.3. The van der Waals surface area contributed by atoms with Crippen LogP contribution in [0, 0.1) is 50.2 Å². The van der Waals surface area contributed by atoms with Crippen molar-refractivity contribution in [2.24, 2.45) is 50.2 Å². The van der Waals surface area contributed by atoms with E-state index in [4.69, 9.17) is 0 Å². The number of carboxylic acid groups (broad SMARTS) is 1. The molecule has 9 atom stereocenters. The maximum absolute atomic E-state index is 12.8. The number of aliphatic hydroxyl groups is 1. The molecule has 0 amide bonds. The summed E-state index contributed by atoms with van der Waals surface area (Å²) in [6.45, 7) is 15.7. The number of rotatable bonds is 3. The highest BCUT2D eigenvalue weighted by Gasteiger charge is 2.69. The zero-order chi connectivity index (χ0) is 26.5. The van der Waals surface area contributed by atoms with E-state index in [-0.39, 0.29) is 39.1 Å². The second kappa shape index (κ2) is 8.07. The lowest BCUT2D eigenvalue weighted by Gasteiger charge is -2.71. The monoisotopic (exact) mass is 499 g/mol. The van der Waals surface area contributed by atoms with Gasteiger partial charge in [-0.25, -0.2) is 0 Å². The zero-order valence-electron chi connectivity index (χ0n) is 24.4. The average molecular weight is 500 g/mol. The fraction of sp³-hybridized carbons (Fsp3) is 0.906. The molecule has 0 aromatic rings. The Hall–Kier alpha value is -0.870. The van der Waals surface area contributed by atoms with Crippen molar-refractivity contribution in [2.75, 3.05) is 20.6 Å². The molecule has 2 N–H and O–H groups in total. The topological polar surface area (TPSA) is 60.8 Å². The summed E-state index contributed by atoms with van der Waals surface area (Å²) in [5, 5.41) is 21.9. The first-order valence-electron chi connectivity index (χ1n) is 14.8. The highest BCUT2D eigenvalue weighted by atomic mass is 16.4. The molecule has 0 aliphatic heterocycles. The summed E-state index contributed by atoms with van der Waals surface area (Å²) in [4.78, 5) is 15.1. The lowest BCUT2D eigenvalue weighted by Crippen LogP contribution is -2.66. The maximum Gasteiger partial charge on any atom is 0.310 e. The van der Waals surface area contributed by atoms with Crippen LogP contribution in [-0.2, 0) is 4.79 Å². The van der Waals surface area contributed by atoms with Crippen molar-refractivity contribution in [3.05, 3.63) is 11.6 Å². The Balaban J connectivity index is 1.58. The van der Waals surface area contributed by atoms with Crippen molar-refractivity contribution in [1.82, 2.24) is 4.90 Å². The molecule has 0 aromatic heterocycles. The van der Waals surface area contributed by atoms with Crippen molar-refractivity contribution in [3.63, 3.8) is 0 Å². The van der Waals surface area contributed by atoms with Gasteiger partial charge in [-0.3, -0.25) is 4.79 Å². The minimum Gasteiger partial charge on any atom is -0.481 e. The van der Waals surface area contributed by atoms with Gasteiger partial charge in [-0.15, -0.1) is 0 Å². The standard InChI is InChI=1S/C32H53NO3/c1-27(2)15-17-32(26(35)36)18-16-30(5)21(22(32)19-27)9-10-24-28(3)13-12-25(34)29(4,20-33(7)8)23(28)11-14-31(24,30)6/h9,22-25,34H,10-20H2,1-8H3,(H,35,36)/t22-,23?,24?,25-,28-,29-,30+,31+,32-/m0/s1. The highest BCUT2D eigenvalue weighted by Crippen LogP contribution is 2.75. The number of fused-ring (bicyclic) bond motifs is 7. The third-order valence-corrected chi connectivity index (χ3v) is 13.5. The van der Waals surface area contributed by atoms with Crippen LogP contribution in [0.5, 0.6) is 0 Å². The number of aliphatic hydroxyl groups excluding tert-OH is 1. The van der Waals surface area contributed by atoms with Gasteiger partial charge in [-0.1, -0.05) is 53.2 Å². The van der Waals surface area contributed by atoms with Gasteiger partial charge in [0.25, 0.3) is 0 Å². The molecule has 4 heteroatoms. The van der Waals surface area contributed by atoms with E-state index >= 15 is 0 Å². The van der Waals surface area contributed by atoms with E-state index in [1.807, 2.05) is 0 Å². The van der Waals surface area contributed by atoms with Crippen molar-refractivity contribution < 1.29 is 15.0 Å². The number of allylic oxidation sites excluding steroid dienone is 2. The first kappa shape index (κ1) is 26.7. The van der Waals surface area contributed by atoms with Crippen LogP contribution in [0.1, 0.15) is 106 Å². The first-order chi connectivity index (χ1) is 16.6. The molecule has 0 bridgehead atoms. The second-order valence-electron chi connectivity index (χ2n) is 16.0. The molecule has 5 aliphatic carbocycles. The van der Waals surface area contributed by atoms with Gasteiger partial charge < -0.3 is 15.1 Å². The molecule has 4 saturated carbocycles. The maximum atomic E-state index is 12.8. The van der Waals surface area contributed by atoms with E-state index in [0.29, 0.717) is 11.8 Å². The zero-order valence-corrected chi connectivity index (χ0v) is 24.4. The Bertz CT molecular complexity index is 955. The quantitative estimate of drug-likeness (QED) is 0.420. The molecule has 204 valence electrons. The molecule has 5 aliphatic rings. The third kappa shape index (κ3) is 3.34. The SMILES string of the molecule is CN(C)C[C@@]1(C)C2CC[C@]3(C)C(CC=C4[C@@H]5CC(C)(C)CC[C@]5(C(=O)O)CC[C@]43C)[C@@]2(C)CC[C@@H]1O. The van der Waals surface area contributed by atoms with Gasteiger partial charge in [-0.05, 0) is 118 Å². The van der Waals surface area contributed by atoms with Gasteiger partial charge in [-0.2, -0.15) is 0 Å². The number of hydrogen-bond acceptors (Lipinski definition) is 3. The molecule has 0 heterocycles. The van der Waals surface area contributed by atoms with Crippen molar-refractivity contribution >= 4 is 5.97 Å². The Morgan fingerprint density at radius 2 is 1.61 bits per heavy atom. The minimum absolute atomic E-state index is 0.0644. The van der Waals surface area contributed by atoms with Crippen LogP contribution in [0.3, 0.4) is 0 Å². The Morgan fingerprint density at radius 3 is 2.25 bits per heavy atom. The lowest BCUT2D eigenvalue weighted by molar-refractivity contribution is -0.211. The van der Waals surface area contributed by atoms with E-state index in [0.717, 1.165) is 57.9 Å². The van der Waals surface area contributed by atoms with Gasteiger partial charge in [0, 0.05) is 12.0 Å². The summed E-state index contributed by atoms with van der Waals surface area (Å²) in [5.41, 5.74) is 1.51. The highest BCUT2D eigenvalue weighted by molar-refractivity contribution is 5.76. The number of carboxylic acids is 1. The molecule has 2 unspecified atom stereocenters. The first-order valence-corrected chi connectivity index (χ1v) is 14.8. The van der Waals surface area contributed by atoms with E-state index in [1.54, 1.807) is 0 Å². The molecular weight excluding hydrogens is 446 g/mol. The third-order valence-electron chi connectivity index (χ3n) is 13.5. The molecule has 0 aromatic carbocycles. The van der Waals surface area contributed by atoms with Crippen LogP contribution in [-0.4, -0.2) is 47.8 Å². The van der Waals surface area contributed by atoms with Gasteiger partial charge >= 0.3 is 5.97 Å². The molecule has 5 rings (SSSR count). The van der Waals surface area contributed by atoms with Crippen LogP contribution in [0.15, 0.2) is 11.6 Å². The van der Waals surface area contributed by atoms with Crippen LogP contribution in [0.2, 0.25) is 0 Å². The summed E-state index contributed by atoms with van der Waals surface area (Å²) in [6.07, 6.45) is 12.5. The second-order valence-corrected chi connectivity index (χ2v) is 16.0. The summed E-state index contributed by atoms with van der Waals surface area (Å²) in [7, 11) is 4.30. The smallest absolute Gasteiger partial charge is 0.310 e. The summed E-state index contributed by atoms with van der Waals surface area (Å²) >= 11 is 0. The summed E-state index contributed by atoms with van der Waals surface area (Å²) in [6, 6.07) is 0. The van der Waals surface area contributed by atoms with Gasteiger partial charge in [0.15, 0.2) is 0 Å². The molecule has 0 saturated heterocycles. The average Bonchev–Trinajstić information content (AvgIpc) is 2.76. The molecular formula is C32H53NO3. The Morgan fingerprint density at radius 1 is 0.944 bits per heavy atom. The van der Waals surface area contributed by atoms with Crippen LogP contribution < -0.4 is 0 Å². The lowest BCUT2D eigenvalue weighted by atomic mass is 9.33. The molecule has 4 nitrogen and oxygen atoms in total. The van der Waals surface area contributed by atoms with Gasteiger partial charge in [0.1, 0.15) is 0 Å². The van der Waals surface area contributed by atoms with Gasteiger partial charge in [0.05, 0.1) is 11.5 Å². The van der Waals surface area contributed by atoms with Crippen LogP contribution in [0.25, 0.3) is 0 Å². The predicted molar refractivity (Wildman–Crippen MR) is 146 cm³/mol. The van der Waals surface area contributed by atoms with E-state index in [2.05, 4.69) is 66.6 Å². The normalized spacial score (nSPS) is 51.9. The van der Waals surface area contributed by atoms with E-state index in [1.165, 1.54) is 18.4 Å². The summed E-state index contributed by atoms with van der Waals surface area (Å²) in [5.74, 6) is 0.728. The largest absolute Gasteiger partial charge is 0.481 e. The summed E-state index contributed by atoms with van der Waals surface area (Å²) < 4.78 is 0. The molecule has 36 heavy (non-hydrogen) atoms.